The highest BCUT2D eigenvalue weighted by atomic mass is 33.1. The average Bonchev–Trinajstić information content (AvgIpc) is 2.08. The Kier molecular flexibility index (Phi) is 6.64. The van der Waals surface area contributed by atoms with Crippen LogP contribution in [0, 0.1) is 0 Å². The van der Waals surface area contributed by atoms with E-state index in [1.807, 2.05) is 10.8 Å². The van der Waals surface area contributed by atoms with E-state index in [2.05, 4.69) is 38.5 Å². The van der Waals surface area contributed by atoms with Crippen molar-refractivity contribution < 1.29 is 0 Å². The van der Waals surface area contributed by atoms with Crippen LogP contribution in [-0.4, -0.2) is 10.5 Å². The summed E-state index contributed by atoms with van der Waals surface area (Å²) >= 11 is 0. The van der Waals surface area contributed by atoms with Crippen molar-refractivity contribution in [2.75, 3.05) is 5.75 Å². The first-order valence-electron chi connectivity index (χ1n) is 4.55. The highest BCUT2D eigenvalue weighted by Gasteiger charge is 2.24. The van der Waals surface area contributed by atoms with Gasteiger partial charge in [-0.2, -0.15) is 0 Å². The van der Waals surface area contributed by atoms with Gasteiger partial charge in [-0.3, -0.25) is 0 Å². The summed E-state index contributed by atoms with van der Waals surface area (Å²) < 4.78 is 0.556. The molecule has 0 aliphatic heterocycles. The molecule has 0 aliphatic rings. The van der Waals surface area contributed by atoms with Gasteiger partial charge in [0.25, 0.3) is 0 Å². The molecule has 0 N–H and O–H groups in total. The standard InChI is InChI=1S/C9H20S2/c1-5-9(6-2,7-3)11-10-8-4/h5-8H2,1-4H3. The summed E-state index contributed by atoms with van der Waals surface area (Å²) in [5.41, 5.74) is 0. The van der Waals surface area contributed by atoms with E-state index in [0.717, 1.165) is 0 Å². The lowest BCUT2D eigenvalue weighted by molar-refractivity contribution is 0.535. The molecule has 11 heavy (non-hydrogen) atoms. The molecule has 0 fully saturated rings. The van der Waals surface area contributed by atoms with Gasteiger partial charge in [0.05, 0.1) is 0 Å². The van der Waals surface area contributed by atoms with Gasteiger partial charge >= 0.3 is 0 Å². The zero-order chi connectivity index (χ0) is 8.74. The van der Waals surface area contributed by atoms with Crippen LogP contribution in [0.1, 0.15) is 47.0 Å². The second-order valence-electron chi connectivity index (χ2n) is 2.73. The van der Waals surface area contributed by atoms with Gasteiger partial charge < -0.3 is 0 Å². The molecule has 0 heterocycles. The molecule has 0 saturated heterocycles. The molecule has 0 saturated carbocycles. The quantitative estimate of drug-likeness (QED) is 0.574. The van der Waals surface area contributed by atoms with Crippen LogP contribution in [0.25, 0.3) is 0 Å². The summed E-state index contributed by atoms with van der Waals surface area (Å²) in [6.07, 6.45) is 3.91. The summed E-state index contributed by atoms with van der Waals surface area (Å²) in [7, 11) is 4.09. The summed E-state index contributed by atoms with van der Waals surface area (Å²) in [5, 5.41) is 0. The molecule has 0 nitrogen and oxygen atoms in total. The summed E-state index contributed by atoms with van der Waals surface area (Å²) in [6, 6.07) is 0. The number of hydrogen-bond acceptors (Lipinski definition) is 2. The monoisotopic (exact) mass is 192 g/mol. The van der Waals surface area contributed by atoms with Gasteiger partial charge in [-0.15, -0.1) is 0 Å². The van der Waals surface area contributed by atoms with Crippen molar-refractivity contribution in [3.8, 4) is 0 Å². The molecular formula is C9H20S2. The third-order valence-electron chi connectivity index (χ3n) is 2.29. The maximum Gasteiger partial charge on any atom is 0.0255 e. The highest BCUT2D eigenvalue weighted by Crippen LogP contribution is 2.42. The van der Waals surface area contributed by atoms with Crippen molar-refractivity contribution >= 4 is 21.6 Å². The minimum absolute atomic E-state index is 0.556. The van der Waals surface area contributed by atoms with E-state index in [-0.39, 0.29) is 0 Å². The molecule has 0 spiro atoms. The second-order valence-corrected chi connectivity index (χ2v) is 5.79. The molecule has 0 aliphatic carbocycles. The van der Waals surface area contributed by atoms with E-state index in [9.17, 15) is 0 Å². The minimum atomic E-state index is 0.556. The van der Waals surface area contributed by atoms with E-state index >= 15 is 0 Å². The topological polar surface area (TPSA) is 0 Å². The molecule has 68 valence electrons. The first-order chi connectivity index (χ1) is 5.24. The predicted molar refractivity (Wildman–Crippen MR) is 59.3 cm³/mol. The number of hydrogen-bond donors (Lipinski definition) is 0. The van der Waals surface area contributed by atoms with Crippen LogP contribution in [0.5, 0.6) is 0 Å². The van der Waals surface area contributed by atoms with E-state index in [1.54, 1.807) is 0 Å². The molecule has 0 atom stereocenters. The van der Waals surface area contributed by atoms with Gasteiger partial charge in [-0.05, 0) is 19.3 Å². The van der Waals surface area contributed by atoms with E-state index in [4.69, 9.17) is 0 Å². The molecule has 0 bridgehead atoms. The Morgan fingerprint density at radius 1 is 0.909 bits per heavy atom. The summed E-state index contributed by atoms with van der Waals surface area (Å²) in [6.45, 7) is 9.13. The van der Waals surface area contributed by atoms with Crippen molar-refractivity contribution in [1.29, 1.82) is 0 Å². The predicted octanol–water partition coefficient (Wildman–Crippen LogP) is 4.36. The van der Waals surface area contributed by atoms with E-state index < -0.39 is 0 Å². The molecule has 0 amide bonds. The van der Waals surface area contributed by atoms with Crippen LogP contribution in [0.15, 0.2) is 0 Å². The van der Waals surface area contributed by atoms with Crippen LogP contribution >= 0.6 is 21.6 Å². The van der Waals surface area contributed by atoms with Crippen LogP contribution < -0.4 is 0 Å². The first-order valence-corrected chi connectivity index (χ1v) is 6.87. The maximum atomic E-state index is 2.30. The molecule has 2 heteroatoms. The largest absolute Gasteiger partial charge is 0.0939 e. The van der Waals surface area contributed by atoms with Crippen LogP contribution in [0.3, 0.4) is 0 Å². The molecule has 0 aromatic rings. The van der Waals surface area contributed by atoms with Crippen molar-refractivity contribution in [3.63, 3.8) is 0 Å². The van der Waals surface area contributed by atoms with Crippen molar-refractivity contribution in [2.45, 2.75) is 51.7 Å². The van der Waals surface area contributed by atoms with Crippen molar-refractivity contribution in [1.82, 2.24) is 0 Å². The Bertz CT molecular complexity index is 79.3. The van der Waals surface area contributed by atoms with Gasteiger partial charge in [0.2, 0.25) is 0 Å². The van der Waals surface area contributed by atoms with Gasteiger partial charge in [-0.25, -0.2) is 0 Å². The van der Waals surface area contributed by atoms with Crippen LogP contribution in [-0.2, 0) is 0 Å². The van der Waals surface area contributed by atoms with Crippen LogP contribution in [0.4, 0.5) is 0 Å². The minimum Gasteiger partial charge on any atom is -0.0939 e. The lowest BCUT2D eigenvalue weighted by Crippen LogP contribution is -2.19. The molecular weight excluding hydrogens is 172 g/mol. The smallest absolute Gasteiger partial charge is 0.0255 e. The fourth-order valence-corrected chi connectivity index (χ4v) is 4.00. The number of rotatable bonds is 6. The van der Waals surface area contributed by atoms with E-state index in [1.165, 1.54) is 25.0 Å². The lowest BCUT2D eigenvalue weighted by atomic mass is 9.99. The highest BCUT2D eigenvalue weighted by molar-refractivity contribution is 8.77. The summed E-state index contributed by atoms with van der Waals surface area (Å²) in [4.78, 5) is 0. The zero-order valence-corrected chi connectivity index (χ0v) is 9.78. The fraction of sp³-hybridized carbons (Fsp3) is 1.00. The van der Waals surface area contributed by atoms with Gasteiger partial charge in [0.15, 0.2) is 0 Å². The Morgan fingerprint density at radius 2 is 1.36 bits per heavy atom. The third kappa shape index (κ3) is 3.75. The Morgan fingerprint density at radius 3 is 1.64 bits per heavy atom. The van der Waals surface area contributed by atoms with Crippen molar-refractivity contribution in [3.05, 3.63) is 0 Å². The maximum absolute atomic E-state index is 2.30. The molecule has 0 rings (SSSR count). The average molecular weight is 192 g/mol. The third-order valence-corrected chi connectivity index (χ3v) is 5.98. The van der Waals surface area contributed by atoms with Gasteiger partial charge in [0, 0.05) is 10.5 Å². The Hall–Kier alpha value is 0.700. The second kappa shape index (κ2) is 6.24. The zero-order valence-electron chi connectivity index (χ0n) is 8.14. The van der Waals surface area contributed by atoms with Gasteiger partial charge in [-0.1, -0.05) is 49.3 Å². The summed E-state index contributed by atoms with van der Waals surface area (Å²) in [5.74, 6) is 1.23. The van der Waals surface area contributed by atoms with Crippen molar-refractivity contribution in [2.24, 2.45) is 0 Å². The molecule has 0 unspecified atom stereocenters. The van der Waals surface area contributed by atoms with Crippen LogP contribution in [0.2, 0.25) is 0 Å². The fourth-order valence-electron chi connectivity index (χ4n) is 1.11. The lowest BCUT2D eigenvalue weighted by Gasteiger charge is -2.28. The first kappa shape index (κ1) is 11.7. The molecule has 0 radical (unpaired) electrons. The van der Waals surface area contributed by atoms with E-state index in [0.29, 0.717) is 4.75 Å². The SMILES string of the molecule is CCSSC(CC)(CC)CC. The molecule has 0 aromatic heterocycles. The Labute approximate surface area is 79.3 Å². The Balaban J connectivity index is 3.84. The molecule has 0 aromatic carbocycles. The van der Waals surface area contributed by atoms with Gasteiger partial charge in [0.1, 0.15) is 0 Å². The normalized spacial score (nSPS) is 12.0.